The Morgan fingerprint density at radius 3 is 2.00 bits per heavy atom. The zero-order valence-corrected chi connectivity index (χ0v) is 17.0. The van der Waals surface area contributed by atoms with Crippen molar-refractivity contribution < 1.29 is 21.6 Å². The summed E-state index contributed by atoms with van der Waals surface area (Å²) in [4.78, 5) is 0.0761. The molecule has 0 amide bonds. The maximum Gasteiger partial charge on any atom is 0.416 e. The lowest BCUT2D eigenvalue weighted by atomic mass is 9.94. The molecule has 3 nitrogen and oxygen atoms in total. The number of nitrogens with one attached hydrogen (secondary N) is 1. The third kappa shape index (κ3) is 4.47. The van der Waals surface area contributed by atoms with Gasteiger partial charge in [-0.15, -0.1) is 0 Å². The first-order chi connectivity index (χ1) is 14.8. The Bertz CT molecular complexity index is 1300. The average molecular weight is 441 g/mol. The van der Waals surface area contributed by atoms with Gasteiger partial charge in [0.2, 0.25) is 10.0 Å². The molecule has 0 heterocycles. The van der Waals surface area contributed by atoms with Crippen LogP contribution in [-0.2, 0) is 16.2 Å². The van der Waals surface area contributed by atoms with Crippen molar-refractivity contribution in [3.63, 3.8) is 0 Å². The molecule has 158 valence electrons. The smallest absolute Gasteiger partial charge is 0.207 e. The van der Waals surface area contributed by atoms with Crippen LogP contribution < -0.4 is 4.72 Å². The van der Waals surface area contributed by atoms with E-state index in [9.17, 15) is 21.6 Å². The van der Waals surface area contributed by atoms with Gasteiger partial charge in [0, 0.05) is 0 Å². The van der Waals surface area contributed by atoms with Crippen molar-refractivity contribution in [2.24, 2.45) is 0 Å². The number of halogens is 3. The Morgan fingerprint density at radius 2 is 1.32 bits per heavy atom. The molecule has 31 heavy (non-hydrogen) atoms. The van der Waals surface area contributed by atoms with Gasteiger partial charge in [0.05, 0.1) is 16.5 Å². The highest BCUT2D eigenvalue weighted by atomic mass is 32.2. The summed E-state index contributed by atoms with van der Waals surface area (Å²) in [5.41, 5.74) is 0.264. The van der Waals surface area contributed by atoms with Crippen molar-refractivity contribution in [3.05, 3.63) is 114 Å². The van der Waals surface area contributed by atoms with Crippen molar-refractivity contribution in [3.8, 4) is 0 Å². The second-order valence-corrected chi connectivity index (χ2v) is 8.77. The molecule has 0 aromatic heterocycles. The molecule has 0 fully saturated rings. The van der Waals surface area contributed by atoms with Gasteiger partial charge in [-0.05, 0) is 46.2 Å². The van der Waals surface area contributed by atoms with Crippen LogP contribution in [0.3, 0.4) is 0 Å². The van der Waals surface area contributed by atoms with E-state index < -0.39 is 27.8 Å². The predicted molar refractivity (Wildman–Crippen MR) is 114 cm³/mol. The number of fused-ring (bicyclic) bond motifs is 1. The first-order valence-electron chi connectivity index (χ1n) is 9.48. The summed E-state index contributed by atoms with van der Waals surface area (Å²) in [6, 6.07) is 24.5. The quantitative estimate of drug-likeness (QED) is 0.418. The molecule has 7 heteroatoms. The second-order valence-electron chi connectivity index (χ2n) is 7.06. The van der Waals surface area contributed by atoms with E-state index in [-0.39, 0.29) is 4.90 Å². The van der Waals surface area contributed by atoms with Crippen LogP contribution in [0.4, 0.5) is 13.2 Å². The highest BCUT2D eigenvalue weighted by molar-refractivity contribution is 7.89. The minimum absolute atomic E-state index is 0.0761. The number of sulfonamides is 1. The number of hydrogen-bond donors (Lipinski definition) is 1. The summed E-state index contributed by atoms with van der Waals surface area (Å²) in [6.45, 7) is 0. The van der Waals surface area contributed by atoms with E-state index in [1.807, 2.05) is 30.3 Å². The molecule has 0 bridgehead atoms. The van der Waals surface area contributed by atoms with E-state index >= 15 is 0 Å². The Balaban J connectivity index is 1.85. The minimum atomic E-state index is -4.48. The molecular formula is C24H18F3NO2S. The SMILES string of the molecule is O=S(=O)(NC(c1ccc(C(F)(F)F)cc1)c1cccc2ccccc12)c1ccccc1. The van der Waals surface area contributed by atoms with Crippen LogP contribution in [0.15, 0.2) is 102 Å². The standard InChI is InChI=1S/C24H18F3NO2S/c25-24(26,27)19-15-13-18(14-16-19)23(28-31(29,30)20-9-2-1-3-10-20)22-12-6-8-17-7-4-5-11-21(17)22/h1-16,23,28H. The highest BCUT2D eigenvalue weighted by Crippen LogP contribution is 2.33. The molecular weight excluding hydrogens is 423 g/mol. The molecule has 1 unspecified atom stereocenters. The summed E-state index contributed by atoms with van der Waals surface area (Å²) in [5, 5.41) is 1.71. The zero-order valence-electron chi connectivity index (χ0n) is 16.2. The fraction of sp³-hybridized carbons (Fsp3) is 0.0833. The minimum Gasteiger partial charge on any atom is -0.207 e. The van der Waals surface area contributed by atoms with Crippen LogP contribution in [0.2, 0.25) is 0 Å². The summed E-state index contributed by atoms with van der Waals surface area (Å²) in [7, 11) is -3.94. The lowest BCUT2D eigenvalue weighted by molar-refractivity contribution is -0.137. The highest BCUT2D eigenvalue weighted by Gasteiger charge is 2.31. The maximum absolute atomic E-state index is 13.1. The van der Waals surface area contributed by atoms with Crippen LogP contribution in [0.25, 0.3) is 10.8 Å². The normalized spacial score (nSPS) is 13.3. The van der Waals surface area contributed by atoms with Gasteiger partial charge in [-0.25, -0.2) is 8.42 Å². The maximum atomic E-state index is 13.1. The molecule has 0 aliphatic heterocycles. The van der Waals surface area contributed by atoms with Gasteiger partial charge in [0.25, 0.3) is 0 Å². The fourth-order valence-electron chi connectivity index (χ4n) is 3.50. The third-order valence-electron chi connectivity index (χ3n) is 5.03. The molecule has 0 spiro atoms. The van der Waals surface area contributed by atoms with E-state index in [2.05, 4.69) is 4.72 Å². The third-order valence-corrected chi connectivity index (χ3v) is 6.47. The first-order valence-corrected chi connectivity index (χ1v) is 11.0. The van der Waals surface area contributed by atoms with E-state index in [1.165, 1.54) is 24.3 Å². The van der Waals surface area contributed by atoms with E-state index in [1.54, 1.807) is 30.3 Å². The van der Waals surface area contributed by atoms with Gasteiger partial charge >= 0.3 is 6.18 Å². The summed E-state index contributed by atoms with van der Waals surface area (Å²) >= 11 is 0. The summed E-state index contributed by atoms with van der Waals surface area (Å²) < 4.78 is 67.9. The lowest BCUT2D eigenvalue weighted by Gasteiger charge is -2.22. The molecule has 1 atom stereocenters. The Kier molecular flexibility index (Phi) is 5.56. The number of benzene rings is 4. The van der Waals surface area contributed by atoms with Crippen molar-refractivity contribution in [2.45, 2.75) is 17.1 Å². The number of alkyl halides is 3. The molecule has 4 aromatic carbocycles. The van der Waals surface area contributed by atoms with Crippen molar-refractivity contribution in [1.29, 1.82) is 0 Å². The number of hydrogen-bond acceptors (Lipinski definition) is 2. The largest absolute Gasteiger partial charge is 0.416 e. The van der Waals surface area contributed by atoms with Gasteiger partial charge in [-0.3, -0.25) is 0 Å². The molecule has 4 aromatic rings. The monoisotopic (exact) mass is 441 g/mol. The predicted octanol–water partition coefficient (Wildman–Crippen LogP) is 5.93. The van der Waals surface area contributed by atoms with Gasteiger partial charge in [-0.2, -0.15) is 17.9 Å². The Labute approximate surface area is 178 Å². The van der Waals surface area contributed by atoms with Crippen LogP contribution >= 0.6 is 0 Å². The average Bonchev–Trinajstić information content (AvgIpc) is 2.77. The molecule has 0 saturated carbocycles. The molecule has 0 saturated heterocycles. The molecule has 0 aliphatic rings. The van der Waals surface area contributed by atoms with E-state index in [4.69, 9.17) is 0 Å². The fourth-order valence-corrected chi connectivity index (χ4v) is 4.73. The topological polar surface area (TPSA) is 46.2 Å². The van der Waals surface area contributed by atoms with Crippen molar-refractivity contribution in [1.82, 2.24) is 4.72 Å². The first kappa shape index (κ1) is 21.1. The van der Waals surface area contributed by atoms with Crippen LogP contribution in [-0.4, -0.2) is 8.42 Å². The van der Waals surface area contributed by atoms with Crippen molar-refractivity contribution >= 4 is 20.8 Å². The summed E-state index contributed by atoms with van der Waals surface area (Å²) in [5.74, 6) is 0. The van der Waals surface area contributed by atoms with Crippen LogP contribution in [0, 0.1) is 0 Å². The zero-order chi connectivity index (χ0) is 22.1. The van der Waals surface area contributed by atoms with Crippen LogP contribution in [0.1, 0.15) is 22.7 Å². The molecule has 1 N–H and O–H groups in total. The lowest BCUT2D eigenvalue weighted by Crippen LogP contribution is -2.29. The van der Waals surface area contributed by atoms with Gasteiger partial charge in [0.15, 0.2) is 0 Å². The second kappa shape index (κ2) is 8.17. The van der Waals surface area contributed by atoms with Crippen molar-refractivity contribution in [2.75, 3.05) is 0 Å². The molecule has 0 aliphatic carbocycles. The Morgan fingerprint density at radius 1 is 0.710 bits per heavy atom. The van der Waals surface area contributed by atoms with E-state index in [0.717, 1.165) is 22.9 Å². The van der Waals surface area contributed by atoms with E-state index in [0.29, 0.717) is 11.1 Å². The van der Waals surface area contributed by atoms with Crippen LogP contribution in [0.5, 0.6) is 0 Å². The summed E-state index contributed by atoms with van der Waals surface area (Å²) in [6.07, 6.45) is -4.48. The van der Waals surface area contributed by atoms with Gasteiger partial charge in [-0.1, -0.05) is 72.8 Å². The number of rotatable bonds is 5. The molecule has 4 rings (SSSR count). The Hall–Kier alpha value is -3.16. The van der Waals surface area contributed by atoms with Gasteiger partial charge in [0.1, 0.15) is 0 Å². The molecule has 0 radical (unpaired) electrons. The van der Waals surface area contributed by atoms with Gasteiger partial charge < -0.3 is 0 Å².